The predicted molar refractivity (Wildman–Crippen MR) is 101 cm³/mol. The molecule has 0 saturated heterocycles. The maximum absolute atomic E-state index is 12.6. The molecule has 0 saturated carbocycles. The van der Waals surface area contributed by atoms with Crippen LogP contribution in [0.4, 0.5) is 0 Å². The zero-order valence-electron chi connectivity index (χ0n) is 10.7. The number of sulfonamides is 1. The van der Waals surface area contributed by atoms with Crippen molar-refractivity contribution in [1.82, 2.24) is 4.31 Å². The van der Waals surface area contributed by atoms with Crippen molar-refractivity contribution in [3.8, 4) is 0 Å². The molecule has 3 heterocycles. The topological polar surface area (TPSA) is 80.5 Å². The van der Waals surface area contributed by atoms with Crippen LogP contribution < -0.4 is 5.73 Å². The molecule has 1 aliphatic heterocycles. The molecule has 3 rings (SSSR count). The average molecular weight is 568 g/mol. The Bertz CT molecular complexity index is 856. The van der Waals surface area contributed by atoms with E-state index < -0.39 is 22.1 Å². The summed E-state index contributed by atoms with van der Waals surface area (Å²) in [5, 5.41) is 0.768. The first-order valence-electron chi connectivity index (χ1n) is 6.05. The van der Waals surface area contributed by atoms with E-state index >= 15 is 0 Å². The highest BCUT2D eigenvalue weighted by Gasteiger charge is 2.47. The van der Waals surface area contributed by atoms with Crippen LogP contribution in [-0.4, -0.2) is 24.8 Å². The molecule has 0 radical (unpaired) electrons. The number of halogens is 2. The predicted octanol–water partition coefficient (Wildman–Crippen LogP) is 3.40. The van der Waals surface area contributed by atoms with Crippen molar-refractivity contribution in [1.29, 1.82) is 0 Å². The molecular formula is C11H10I2N2O3S3. The minimum Gasteiger partial charge on any atom is -0.310 e. The molecule has 2 aromatic rings. The number of nitrogens with two attached hydrogens (primary N) is 1. The van der Waals surface area contributed by atoms with E-state index in [1.165, 1.54) is 11.3 Å². The molecule has 10 heteroatoms. The summed E-state index contributed by atoms with van der Waals surface area (Å²) in [5.74, 6) is -0.482. The van der Waals surface area contributed by atoms with Crippen molar-refractivity contribution >= 4 is 93.9 Å². The Kier molecular flexibility index (Phi) is 4.32. The number of hydrogen-bond donors (Lipinski definition) is 1. The van der Waals surface area contributed by atoms with Gasteiger partial charge in [-0.2, -0.15) is 0 Å². The van der Waals surface area contributed by atoms with Gasteiger partial charge in [-0.3, -0.25) is 4.79 Å². The first-order chi connectivity index (χ1) is 9.80. The first-order valence-corrected chi connectivity index (χ1v) is 11.3. The molecule has 0 fully saturated rings. The fraction of sp³-hybridized carbons (Fsp3) is 0.364. The number of nitrogens with zero attached hydrogens (tertiary/aromatic N) is 1. The Morgan fingerprint density at radius 2 is 1.95 bits per heavy atom. The summed E-state index contributed by atoms with van der Waals surface area (Å²) >= 11 is 7.08. The molecule has 114 valence electrons. The number of rotatable bonds is 3. The van der Waals surface area contributed by atoms with Gasteiger partial charge in [0.1, 0.15) is 0 Å². The Labute approximate surface area is 157 Å². The Balaban J connectivity index is 2.26. The van der Waals surface area contributed by atoms with Gasteiger partial charge in [0.25, 0.3) is 15.9 Å². The summed E-state index contributed by atoms with van der Waals surface area (Å²) in [6.07, 6.45) is 0.385. The molecule has 2 aromatic heterocycles. The van der Waals surface area contributed by atoms with Gasteiger partial charge in [-0.15, -0.1) is 22.7 Å². The number of fused-ring (bicyclic) bond motifs is 3. The Morgan fingerprint density at radius 1 is 1.29 bits per heavy atom. The van der Waals surface area contributed by atoms with Gasteiger partial charge in [0.15, 0.2) is 4.21 Å². The van der Waals surface area contributed by atoms with Gasteiger partial charge in [-0.05, 0) is 51.6 Å². The monoisotopic (exact) mass is 568 g/mol. The van der Waals surface area contributed by atoms with E-state index in [1.54, 1.807) is 11.3 Å². The van der Waals surface area contributed by atoms with Crippen molar-refractivity contribution in [3.63, 3.8) is 0 Å². The lowest BCUT2D eigenvalue weighted by Gasteiger charge is -2.22. The Morgan fingerprint density at radius 3 is 2.57 bits per heavy atom. The molecule has 1 atom stereocenters. The maximum Gasteiger partial charge on any atom is 0.278 e. The number of hydrogen-bond acceptors (Lipinski definition) is 6. The second kappa shape index (κ2) is 5.54. The Hall–Kier alpha value is 0.500. The molecule has 1 unspecified atom stereocenters. The lowest BCUT2D eigenvalue weighted by atomic mass is 10.2. The SMILES string of the molecule is CCCC(N)N1C(=O)c2c(sc3c(I)sc(I)c23)S1(=O)=O. The number of thiophene rings is 2. The molecule has 0 spiro atoms. The third-order valence-electron chi connectivity index (χ3n) is 3.22. The van der Waals surface area contributed by atoms with Crippen molar-refractivity contribution in [3.05, 3.63) is 11.3 Å². The van der Waals surface area contributed by atoms with E-state index in [-0.39, 0.29) is 4.21 Å². The third-order valence-corrected chi connectivity index (χ3v) is 10.4. The van der Waals surface area contributed by atoms with Crippen molar-refractivity contribution in [2.24, 2.45) is 5.73 Å². The molecule has 0 bridgehead atoms. The van der Waals surface area contributed by atoms with E-state index in [2.05, 4.69) is 45.2 Å². The van der Waals surface area contributed by atoms with Crippen LogP contribution in [0.25, 0.3) is 10.1 Å². The van der Waals surface area contributed by atoms with Crippen molar-refractivity contribution < 1.29 is 13.2 Å². The lowest BCUT2D eigenvalue weighted by Crippen LogP contribution is -2.45. The standard InChI is InChI=1S/C11H10I2N2O3S3/c1-2-3-4(14)15-10(16)6-5-7(9(13)20-8(5)12)19-11(6)21(15,17)18/h4H,2-3,14H2,1H3. The molecule has 21 heavy (non-hydrogen) atoms. The highest BCUT2D eigenvalue weighted by molar-refractivity contribution is 14.1. The van der Waals surface area contributed by atoms with Gasteiger partial charge in [0.05, 0.1) is 22.2 Å². The van der Waals surface area contributed by atoms with Crippen LogP contribution >= 0.6 is 67.9 Å². The van der Waals surface area contributed by atoms with Gasteiger partial charge >= 0.3 is 0 Å². The van der Waals surface area contributed by atoms with E-state index in [9.17, 15) is 13.2 Å². The van der Waals surface area contributed by atoms with Crippen LogP contribution in [-0.2, 0) is 10.0 Å². The van der Waals surface area contributed by atoms with Gasteiger partial charge in [-0.25, -0.2) is 12.7 Å². The molecule has 2 N–H and O–H groups in total. The van der Waals surface area contributed by atoms with Crippen LogP contribution in [0.15, 0.2) is 4.21 Å². The average Bonchev–Trinajstić information content (AvgIpc) is 2.94. The fourth-order valence-electron chi connectivity index (χ4n) is 2.34. The second-order valence-corrected chi connectivity index (χ2v) is 12.3. The maximum atomic E-state index is 12.6. The minimum atomic E-state index is -3.81. The van der Waals surface area contributed by atoms with Gasteiger partial charge in [0, 0.05) is 5.39 Å². The minimum absolute atomic E-state index is 0.146. The van der Waals surface area contributed by atoms with Gasteiger partial charge in [-0.1, -0.05) is 13.3 Å². The molecule has 5 nitrogen and oxygen atoms in total. The number of carbonyl (C=O) groups excluding carboxylic acids is 1. The summed E-state index contributed by atoms with van der Waals surface area (Å²) in [5.41, 5.74) is 6.22. The van der Waals surface area contributed by atoms with Crippen LogP contribution in [0.1, 0.15) is 30.1 Å². The molecule has 1 amide bonds. The second-order valence-electron chi connectivity index (χ2n) is 4.58. The highest BCUT2D eigenvalue weighted by Crippen LogP contribution is 2.48. The molecule has 0 aromatic carbocycles. The molecule has 1 aliphatic rings. The van der Waals surface area contributed by atoms with Crippen molar-refractivity contribution in [2.45, 2.75) is 30.1 Å². The van der Waals surface area contributed by atoms with Crippen LogP contribution in [0, 0.1) is 5.77 Å². The fourth-order valence-corrected chi connectivity index (χ4v) is 10.4. The molecule has 0 aliphatic carbocycles. The summed E-state index contributed by atoms with van der Waals surface area (Å²) in [4.78, 5) is 12.6. The largest absolute Gasteiger partial charge is 0.310 e. The summed E-state index contributed by atoms with van der Waals surface area (Å²) in [6, 6.07) is 0. The van der Waals surface area contributed by atoms with E-state index in [4.69, 9.17) is 5.73 Å². The van der Waals surface area contributed by atoms with E-state index in [1.807, 2.05) is 6.92 Å². The number of amides is 1. The van der Waals surface area contributed by atoms with Gasteiger partial charge in [0.2, 0.25) is 0 Å². The summed E-state index contributed by atoms with van der Waals surface area (Å²) in [7, 11) is -3.81. The first kappa shape index (κ1) is 16.4. The van der Waals surface area contributed by atoms with Crippen LogP contribution in [0.2, 0.25) is 0 Å². The quantitative estimate of drug-likeness (QED) is 0.577. The normalized spacial score (nSPS) is 18.5. The summed E-state index contributed by atoms with van der Waals surface area (Å²) < 4.78 is 29.1. The highest BCUT2D eigenvalue weighted by atomic mass is 127. The van der Waals surface area contributed by atoms with Gasteiger partial charge < -0.3 is 5.73 Å². The lowest BCUT2D eigenvalue weighted by molar-refractivity contribution is 0.0832. The van der Waals surface area contributed by atoms with E-state index in [0.29, 0.717) is 12.0 Å². The third kappa shape index (κ3) is 2.28. The van der Waals surface area contributed by atoms with E-state index in [0.717, 1.165) is 26.6 Å². The zero-order valence-corrected chi connectivity index (χ0v) is 17.5. The zero-order chi connectivity index (χ0) is 15.5. The smallest absolute Gasteiger partial charge is 0.278 e. The summed E-state index contributed by atoms with van der Waals surface area (Å²) in [6.45, 7) is 1.91. The number of carbonyl (C=O) groups is 1. The van der Waals surface area contributed by atoms with Crippen LogP contribution in [0.5, 0.6) is 0 Å². The molecular weight excluding hydrogens is 558 g/mol. The van der Waals surface area contributed by atoms with Crippen LogP contribution in [0.3, 0.4) is 0 Å². The van der Waals surface area contributed by atoms with Crippen molar-refractivity contribution in [2.75, 3.05) is 0 Å².